The van der Waals surface area contributed by atoms with E-state index in [0.29, 0.717) is 21.8 Å². The van der Waals surface area contributed by atoms with E-state index in [0.717, 1.165) is 31.7 Å². The van der Waals surface area contributed by atoms with Crippen LogP contribution in [0.2, 0.25) is 0 Å². The quantitative estimate of drug-likeness (QED) is 0.193. The summed E-state index contributed by atoms with van der Waals surface area (Å²) in [6.07, 6.45) is 3.39. The van der Waals surface area contributed by atoms with Gasteiger partial charge in [-0.05, 0) is 46.8 Å². The Labute approximate surface area is 189 Å². The van der Waals surface area contributed by atoms with E-state index in [2.05, 4.69) is 25.4 Å². The van der Waals surface area contributed by atoms with Gasteiger partial charge in [0.1, 0.15) is 5.71 Å². The Kier molecular flexibility index (Phi) is 13.6. The Balaban J connectivity index is 0.00000729. The molecule has 0 saturated heterocycles. The standard InChI is InChI=1S/C18H29N7S2.Cu/c1-6-24(7-2)17(26)22-20-14(5)16(15-10-12-19-13-11-15)21-23-18(27)25(8-3)9-4;/h10-13H,6-9H2,1-5H3,(H,22,26)(H,23,27);/q;+2/p-2. The van der Waals surface area contributed by atoms with Gasteiger partial charge in [-0.25, -0.2) is 0 Å². The van der Waals surface area contributed by atoms with Gasteiger partial charge in [0.15, 0.2) is 0 Å². The molecular formula is C18H27CuN7S2. The van der Waals surface area contributed by atoms with Gasteiger partial charge in [-0.3, -0.25) is 4.98 Å². The Bertz CT molecular complexity index is 697. The number of hydrogen-bond acceptors (Lipinski definition) is 7. The molecule has 0 bridgehead atoms. The van der Waals surface area contributed by atoms with Crippen LogP contribution < -0.4 is 0 Å². The van der Waals surface area contributed by atoms with Crippen molar-refractivity contribution < 1.29 is 17.1 Å². The van der Waals surface area contributed by atoms with Crippen LogP contribution in [0.15, 0.2) is 44.9 Å². The summed E-state index contributed by atoms with van der Waals surface area (Å²) in [6, 6.07) is 3.69. The molecule has 0 unspecified atom stereocenters. The molecule has 1 aromatic rings. The van der Waals surface area contributed by atoms with Crippen molar-refractivity contribution >= 4 is 47.0 Å². The van der Waals surface area contributed by atoms with Crippen molar-refractivity contribution in [2.75, 3.05) is 26.2 Å². The molecule has 0 saturated carbocycles. The summed E-state index contributed by atoms with van der Waals surface area (Å²) >= 11 is 10.7. The van der Waals surface area contributed by atoms with E-state index in [-0.39, 0.29) is 17.1 Å². The first kappa shape index (κ1) is 26.4. The Morgan fingerprint density at radius 1 is 0.821 bits per heavy atom. The Hall–Kier alpha value is -1.61. The molecule has 0 N–H and O–H groups in total. The topological polar surface area (TPSA) is 68.8 Å². The summed E-state index contributed by atoms with van der Waals surface area (Å²) in [4.78, 5) is 7.95. The molecule has 28 heavy (non-hydrogen) atoms. The normalized spacial score (nSPS) is 13.2. The number of hydrogen-bond donors (Lipinski definition) is 0. The summed E-state index contributed by atoms with van der Waals surface area (Å²) in [6.45, 7) is 13.1. The van der Waals surface area contributed by atoms with Crippen molar-refractivity contribution in [1.82, 2.24) is 14.8 Å². The fourth-order valence-corrected chi connectivity index (χ4v) is 2.82. The third-order valence-electron chi connectivity index (χ3n) is 3.89. The minimum absolute atomic E-state index is 0. The number of aromatic nitrogens is 1. The maximum absolute atomic E-state index is 5.35. The van der Waals surface area contributed by atoms with Crippen molar-refractivity contribution in [2.45, 2.75) is 34.6 Å². The first-order valence-corrected chi connectivity index (χ1v) is 9.82. The Morgan fingerprint density at radius 2 is 1.25 bits per heavy atom. The van der Waals surface area contributed by atoms with E-state index >= 15 is 0 Å². The fraction of sp³-hybridized carbons (Fsp3) is 0.500. The molecule has 0 atom stereocenters. The second-order valence-electron chi connectivity index (χ2n) is 5.48. The summed E-state index contributed by atoms with van der Waals surface area (Å²) < 4.78 is 0. The van der Waals surface area contributed by atoms with Crippen LogP contribution >= 0.6 is 0 Å². The minimum atomic E-state index is 0. The van der Waals surface area contributed by atoms with Gasteiger partial charge in [-0.15, -0.1) is 5.10 Å². The first-order valence-electron chi connectivity index (χ1n) is 9.00. The summed E-state index contributed by atoms with van der Waals surface area (Å²) in [5.74, 6) is 0. The van der Waals surface area contributed by atoms with Crippen LogP contribution in [0.1, 0.15) is 40.2 Å². The predicted octanol–water partition coefficient (Wildman–Crippen LogP) is 2.65. The van der Waals surface area contributed by atoms with Crippen LogP contribution in [0.5, 0.6) is 0 Å². The number of nitrogens with zero attached hydrogens (tertiary/aromatic N) is 7. The van der Waals surface area contributed by atoms with E-state index in [9.17, 15) is 0 Å². The van der Waals surface area contributed by atoms with Crippen molar-refractivity contribution in [2.24, 2.45) is 20.4 Å². The predicted molar refractivity (Wildman–Crippen MR) is 119 cm³/mol. The maximum Gasteiger partial charge on any atom is 2.00 e. The largest absolute Gasteiger partial charge is 2.00 e. The maximum atomic E-state index is 5.35. The van der Waals surface area contributed by atoms with Crippen LogP contribution in [0, 0.1) is 0 Å². The molecule has 157 valence electrons. The number of amidine groups is 2. The van der Waals surface area contributed by atoms with Crippen molar-refractivity contribution in [3.05, 3.63) is 30.1 Å². The van der Waals surface area contributed by atoms with Crippen LogP contribution in [-0.2, 0) is 42.3 Å². The van der Waals surface area contributed by atoms with Crippen LogP contribution in [0.3, 0.4) is 0 Å². The smallest absolute Gasteiger partial charge is 0.741 e. The zero-order valence-electron chi connectivity index (χ0n) is 16.9. The van der Waals surface area contributed by atoms with E-state index in [4.69, 9.17) is 25.3 Å². The van der Waals surface area contributed by atoms with Gasteiger partial charge in [0.2, 0.25) is 0 Å². The molecule has 1 radical (unpaired) electrons. The van der Waals surface area contributed by atoms with E-state index in [1.54, 1.807) is 12.4 Å². The molecule has 0 aliphatic heterocycles. The molecular weight excluding hydrogens is 442 g/mol. The van der Waals surface area contributed by atoms with Gasteiger partial charge in [-0.2, -0.15) is 15.3 Å². The molecule has 1 rings (SSSR count). The third-order valence-corrected chi connectivity index (χ3v) is 4.57. The average molecular weight is 469 g/mol. The Morgan fingerprint density at radius 3 is 1.68 bits per heavy atom. The first-order chi connectivity index (χ1) is 13.0. The van der Waals surface area contributed by atoms with Crippen LogP contribution in [0.4, 0.5) is 0 Å². The molecule has 0 aliphatic carbocycles. The molecule has 0 spiro atoms. The van der Waals surface area contributed by atoms with Gasteiger partial charge < -0.3 is 35.1 Å². The molecule has 1 heterocycles. The minimum Gasteiger partial charge on any atom is -0.741 e. The molecule has 1 aromatic heterocycles. The zero-order valence-corrected chi connectivity index (χ0v) is 19.5. The monoisotopic (exact) mass is 468 g/mol. The van der Waals surface area contributed by atoms with E-state index < -0.39 is 0 Å². The van der Waals surface area contributed by atoms with Gasteiger partial charge in [0, 0.05) is 54.5 Å². The SMILES string of the molecule is CCN(CC)C([S-])=NN=C(C)C(=NN=C([S-])N(CC)CC)c1ccncc1.[Cu+2]. The van der Waals surface area contributed by atoms with Crippen molar-refractivity contribution in [3.8, 4) is 0 Å². The molecule has 0 aliphatic rings. The summed E-state index contributed by atoms with van der Waals surface area (Å²) in [7, 11) is 0. The molecule has 7 nitrogen and oxygen atoms in total. The van der Waals surface area contributed by atoms with Crippen LogP contribution in [-0.4, -0.2) is 62.7 Å². The average Bonchev–Trinajstić information content (AvgIpc) is 2.69. The van der Waals surface area contributed by atoms with Gasteiger partial charge in [0.25, 0.3) is 0 Å². The molecule has 10 heteroatoms. The van der Waals surface area contributed by atoms with Crippen molar-refractivity contribution in [3.63, 3.8) is 0 Å². The van der Waals surface area contributed by atoms with E-state index in [1.165, 1.54) is 0 Å². The van der Waals surface area contributed by atoms with Gasteiger partial charge >= 0.3 is 17.1 Å². The molecule has 0 fully saturated rings. The second kappa shape index (κ2) is 14.4. The molecule has 0 amide bonds. The van der Waals surface area contributed by atoms with Crippen LogP contribution in [0.25, 0.3) is 0 Å². The van der Waals surface area contributed by atoms with Gasteiger partial charge in [0.05, 0.1) is 5.71 Å². The second-order valence-corrected chi connectivity index (χ2v) is 6.21. The van der Waals surface area contributed by atoms with Crippen molar-refractivity contribution in [1.29, 1.82) is 0 Å². The number of pyridine rings is 1. The molecule has 0 aromatic carbocycles. The zero-order chi connectivity index (χ0) is 20.2. The van der Waals surface area contributed by atoms with E-state index in [1.807, 2.05) is 56.6 Å². The number of rotatable bonds is 8. The van der Waals surface area contributed by atoms with Gasteiger partial charge in [-0.1, -0.05) is 0 Å². The summed E-state index contributed by atoms with van der Waals surface area (Å²) in [5, 5.41) is 17.9. The third kappa shape index (κ3) is 8.18. The fourth-order valence-electron chi connectivity index (χ4n) is 2.22. The summed E-state index contributed by atoms with van der Waals surface area (Å²) in [5.41, 5.74) is 2.01.